The third-order valence-electron chi connectivity index (χ3n) is 2.89. The normalized spacial score (nSPS) is 10.6. The zero-order valence-electron chi connectivity index (χ0n) is 10.5. The highest BCUT2D eigenvalue weighted by Crippen LogP contribution is 2.15. The number of H-pyrrole nitrogens is 1. The summed E-state index contributed by atoms with van der Waals surface area (Å²) >= 11 is 0. The molecule has 19 heavy (non-hydrogen) atoms. The number of anilines is 2. The SMILES string of the molecule is Cc1cccc(Nc2nc3ccccc3c(=O)[nH]2)c1. The Morgan fingerprint density at radius 2 is 1.95 bits per heavy atom. The minimum Gasteiger partial charge on any atom is -0.326 e. The van der Waals surface area contributed by atoms with Gasteiger partial charge in [-0.3, -0.25) is 9.78 Å². The van der Waals surface area contributed by atoms with Crippen LogP contribution in [0.15, 0.2) is 53.3 Å². The maximum atomic E-state index is 11.9. The van der Waals surface area contributed by atoms with Crippen LogP contribution in [0.1, 0.15) is 5.56 Å². The maximum absolute atomic E-state index is 11.9. The Hall–Kier alpha value is -2.62. The molecule has 0 aliphatic heterocycles. The summed E-state index contributed by atoms with van der Waals surface area (Å²) in [5, 5.41) is 3.71. The van der Waals surface area contributed by atoms with Crippen LogP contribution >= 0.6 is 0 Å². The molecule has 1 heterocycles. The van der Waals surface area contributed by atoms with E-state index >= 15 is 0 Å². The second kappa shape index (κ2) is 4.57. The van der Waals surface area contributed by atoms with E-state index in [0.717, 1.165) is 11.3 Å². The lowest BCUT2D eigenvalue weighted by atomic mass is 10.2. The first-order valence-electron chi connectivity index (χ1n) is 6.05. The fourth-order valence-corrected chi connectivity index (χ4v) is 2.01. The number of rotatable bonds is 2. The zero-order valence-corrected chi connectivity index (χ0v) is 10.5. The van der Waals surface area contributed by atoms with Crippen molar-refractivity contribution in [2.75, 3.05) is 5.32 Å². The number of aryl methyl sites for hydroxylation is 1. The van der Waals surface area contributed by atoms with E-state index in [-0.39, 0.29) is 5.56 Å². The third kappa shape index (κ3) is 2.33. The number of fused-ring (bicyclic) bond motifs is 1. The van der Waals surface area contributed by atoms with E-state index in [1.165, 1.54) is 0 Å². The van der Waals surface area contributed by atoms with E-state index in [9.17, 15) is 4.79 Å². The van der Waals surface area contributed by atoms with Gasteiger partial charge >= 0.3 is 0 Å². The lowest BCUT2D eigenvalue weighted by molar-refractivity contribution is 1.17. The Kier molecular flexibility index (Phi) is 2.76. The van der Waals surface area contributed by atoms with Crippen LogP contribution in [0.4, 0.5) is 11.6 Å². The lowest BCUT2D eigenvalue weighted by Crippen LogP contribution is -2.11. The molecule has 0 radical (unpaired) electrons. The number of aromatic amines is 1. The Balaban J connectivity index is 2.04. The van der Waals surface area contributed by atoms with Gasteiger partial charge in [0.1, 0.15) is 0 Å². The molecule has 0 amide bonds. The number of nitrogens with one attached hydrogen (secondary N) is 2. The zero-order chi connectivity index (χ0) is 13.2. The molecule has 2 aromatic carbocycles. The van der Waals surface area contributed by atoms with E-state index < -0.39 is 0 Å². The van der Waals surface area contributed by atoms with Crippen LogP contribution in [0.3, 0.4) is 0 Å². The molecule has 3 aromatic rings. The largest absolute Gasteiger partial charge is 0.326 e. The molecule has 0 aliphatic rings. The smallest absolute Gasteiger partial charge is 0.260 e. The first-order valence-corrected chi connectivity index (χ1v) is 6.05. The molecule has 0 spiro atoms. The number of nitrogens with zero attached hydrogens (tertiary/aromatic N) is 1. The van der Waals surface area contributed by atoms with Gasteiger partial charge in [-0.1, -0.05) is 24.3 Å². The average molecular weight is 251 g/mol. The van der Waals surface area contributed by atoms with Crippen molar-refractivity contribution in [2.45, 2.75) is 6.92 Å². The molecule has 2 N–H and O–H groups in total. The van der Waals surface area contributed by atoms with Crippen molar-refractivity contribution in [3.63, 3.8) is 0 Å². The molecule has 0 fully saturated rings. The average Bonchev–Trinajstić information content (AvgIpc) is 2.39. The molecular weight excluding hydrogens is 238 g/mol. The number of hydrogen-bond acceptors (Lipinski definition) is 3. The number of benzene rings is 2. The van der Waals surface area contributed by atoms with E-state index in [1.807, 2.05) is 49.4 Å². The summed E-state index contributed by atoms with van der Waals surface area (Å²) in [5.74, 6) is 0.453. The highest BCUT2D eigenvalue weighted by atomic mass is 16.1. The molecular formula is C15H13N3O. The van der Waals surface area contributed by atoms with Crippen LogP contribution in [-0.4, -0.2) is 9.97 Å². The van der Waals surface area contributed by atoms with Gasteiger partial charge in [0.05, 0.1) is 10.9 Å². The lowest BCUT2D eigenvalue weighted by Gasteiger charge is -2.06. The maximum Gasteiger partial charge on any atom is 0.260 e. The van der Waals surface area contributed by atoms with Gasteiger partial charge in [0, 0.05) is 5.69 Å². The van der Waals surface area contributed by atoms with Crippen LogP contribution in [0.2, 0.25) is 0 Å². The molecule has 4 nitrogen and oxygen atoms in total. The topological polar surface area (TPSA) is 57.8 Å². The van der Waals surface area contributed by atoms with Gasteiger partial charge in [-0.05, 0) is 36.8 Å². The predicted octanol–water partition coefficient (Wildman–Crippen LogP) is 2.98. The van der Waals surface area contributed by atoms with Crippen molar-refractivity contribution in [3.8, 4) is 0 Å². The highest BCUT2D eigenvalue weighted by Gasteiger charge is 2.03. The van der Waals surface area contributed by atoms with Crippen molar-refractivity contribution in [1.29, 1.82) is 0 Å². The Bertz CT molecular complexity index is 792. The van der Waals surface area contributed by atoms with E-state index in [0.29, 0.717) is 16.9 Å². The second-order valence-corrected chi connectivity index (χ2v) is 4.43. The summed E-state index contributed by atoms with van der Waals surface area (Å²) in [6.45, 7) is 2.02. The van der Waals surface area contributed by atoms with Crippen LogP contribution < -0.4 is 10.9 Å². The van der Waals surface area contributed by atoms with Gasteiger partial charge in [-0.25, -0.2) is 4.98 Å². The first kappa shape index (κ1) is 11.5. The van der Waals surface area contributed by atoms with Crippen LogP contribution in [0, 0.1) is 6.92 Å². The third-order valence-corrected chi connectivity index (χ3v) is 2.89. The number of hydrogen-bond donors (Lipinski definition) is 2. The quantitative estimate of drug-likeness (QED) is 0.736. The molecule has 0 atom stereocenters. The molecule has 1 aromatic heterocycles. The van der Waals surface area contributed by atoms with Crippen molar-refractivity contribution in [1.82, 2.24) is 9.97 Å². The Morgan fingerprint density at radius 1 is 1.11 bits per heavy atom. The van der Waals surface area contributed by atoms with Crippen molar-refractivity contribution < 1.29 is 0 Å². The molecule has 3 rings (SSSR count). The second-order valence-electron chi connectivity index (χ2n) is 4.43. The number of para-hydroxylation sites is 1. The predicted molar refractivity (Wildman–Crippen MR) is 76.8 cm³/mol. The van der Waals surface area contributed by atoms with Gasteiger partial charge in [0.25, 0.3) is 5.56 Å². The molecule has 0 bridgehead atoms. The van der Waals surface area contributed by atoms with Crippen LogP contribution in [0.5, 0.6) is 0 Å². The van der Waals surface area contributed by atoms with Gasteiger partial charge in [0.2, 0.25) is 5.95 Å². The summed E-state index contributed by atoms with van der Waals surface area (Å²) < 4.78 is 0. The minimum atomic E-state index is -0.138. The molecule has 94 valence electrons. The van der Waals surface area contributed by atoms with E-state index in [2.05, 4.69) is 15.3 Å². The van der Waals surface area contributed by atoms with Crippen molar-refractivity contribution in [2.24, 2.45) is 0 Å². The molecule has 0 saturated carbocycles. The van der Waals surface area contributed by atoms with Crippen LogP contribution in [0.25, 0.3) is 10.9 Å². The van der Waals surface area contributed by atoms with E-state index in [1.54, 1.807) is 6.07 Å². The summed E-state index contributed by atoms with van der Waals surface area (Å²) in [5.41, 5.74) is 2.59. The first-order chi connectivity index (χ1) is 9.22. The minimum absolute atomic E-state index is 0.138. The van der Waals surface area contributed by atoms with Gasteiger partial charge < -0.3 is 5.32 Å². The van der Waals surface area contributed by atoms with Crippen LogP contribution in [-0.2, 0) is 0 Å². The summed E-state index contributed by atoms with van der Waals surface area (Å²) in [4.78, 5) is 19.1. The molecule has 0 aliphatic carbocycles. The van der Waals surface area contributed by atoms with Crippen molar-refractivity contribution in [3.05, 3.63) is 64.4 Å². The Labute approximate surface area is 110 Å². The van der Waals surface area contributed by atoms with Gasteiger partial charge in [0.15, 0.2) is 0 Å². The monoisotopic (exact) mass is 251 g/mol. The number of aromatic nitrogens is 2. The highest BCUT2D eigenvalue weighted by molar-refractivity contribution is 5.78. The summed E-state index contributed by atoms with van der Waals surface area (Å²) in [6, 6.07) is 15.2. The summed E-state index contributed by atoms with van der Waals surface area (Å²) in [7, 11) is 0. The van der Waals surface area contributed by atoms with E-state index in [4.69, 9.17) is 0 Å². The Morgan fingerprint density at radius 3 is 2.79 bits per heavy atom. The van der Waals surface area contributed by atoms with Crippen molar-refractivity contribution >= 4 is 22.5 Å². The van der Waals surface area contributed by atoms with Gasteiger partial charge in [-0.15, -0.1) is 0 Å². The molecule has 0 unspecified atom stereocenters. The standard InChI is InChI=1S/C15H13N3O/c1-10-5-4-6-11(9-10)16-15-17-13-8-3-2-7-12(13)14(19)18-15/h2-9H,1H3,(H2,16,17,18,19). The molecule has 0 saturated heterocycles. The van der Waals surface area contributed by atoms with Gasteiger partial charge in [-0.2, -0.15) is 0 Å². The molecule has 4 heteroatoms. The summed E-state index contributed by atoms with van der Waals surface area (Å²) in [6.07, 6.45) is 0. The fourth-order valence-electron chi connectivity index (χ4n) is 2.01. The fraction of sp³-hybridized carbons (Fsp3) is 0.0667.